The van der Waals surface area contributed by atoms with Crippen LogP contribution < -0.4 is 4.74 Å². The Bertz CT molecular complexity index is 1160. The molecule has 0 bridgehead atoms. The Morgan fingerprint density at radius 1 is 0.732 bits per heavy atom. The number of esters is 1. The van der Waals surface area contributed by atoms with E-state index in [1.165, 1.54) is 44.2 Å². The van der Waals surface area contributed by atoms with Gasteiger partial charge in [0, 0.05) is 23.5 Å². The number of carbonyl (C=O) groups excluding carboxylic acids is 1. The Kier molecular flexibility index (Phi) is 13.1. The van der Waals surface area contributed by atoms with Crippen molar-refractivity contribution in [3.05, 3.63) is 66.5 Å². The van der Waals surface area contributed by atoms with Crippen molar-refractivity contribution >= 4 is 5.97 Å². The highest BCUT2D eigenvalue weighted by Crippen LogP contribution is 2.29. The molecule has 222 valence electrons. The smallest absolute Gasteiger partial charge is 0.425 e. The Labute approximate surface area is 241 Å². The molecular formula is C33H41F3N2O3. The Hall–Kier alpha value is -3.42. The molecule has 2 aromatic carbocycles. The van der Waals surface area contributed by atoms with Crippen LogP contribution in [-0.2, 0) is 4.74 Å². The van der Waals surface area contributed by atoms with Crippen molar-refractivity contribution in [2.75, 3.05) is 6.61 Å². The van der Waals surface area contributed by atoms with Crippen LogP contribution in [0.2, 0.25) is 0 Å². The molecule has 0 saturated heterocycles. The molecule has 0 radical (unpaired) electrons. The molecule has 0 N–H and O–H groups in total. The third kappa shape index (κ3) is 10.8. The van der Waals surface area contributed by atoms with Crippen molar-refractivity contribution in [2.45, 2.75) is 96.8 Å². The van der Waals surface area contributed by atoms with Crippen LogP contribution in [0.3, 0.4) is 0 Å². The van der Waals surface area contributed by atoms with Gasteiger partial charge >= 0.3 is 12.1 Å². The Balaban J connectivity index is 1.53. The quantitative estimate of drug-likeness (QED) is 0.119. The molecular weight excluding hydrogens is 529 g/mol. The fourth-order valence-corrected chi connectivity index (χ4v) is 4.44. The summed E-state index contributed by atoms with van der Waals surface area (Å²) in [5.41, 5.74) is 2.48. The summed E-state index contributed by atoms with van der Waals surface area (Å²) in [6.07, 6.45) is 6.60. The number of ether oxygens (including phenoxy) is 2. The van der Waals surface area contributed by atoms with Gasteiger partial charge < -0.3 is 9.47 Å². The van der Waals surface area contributed by atoms with Crippen LogP contribution in [0.15, 0.2) is 60.9 Å². The molecule has 5 nitrogen and oxygen atoms in total. The predicted molar refractivity (Wildman–Crippen MR) is 156 cm³/mol. The largest absolute Gasteiger partial charge is 0.494 e. The van der Waals surface area contributed by atoms with Gasteiger partial charge in [-0.3, -0.25) is 0 Å². The molecule has 3 rings (SSSR count). The van der Waals surface area contributed by atoms with Crippen LogP contribution in [-0.4, -0.2) is 34.8 Å². The van der Waals surface area contributed by atoms with E-state index in [2.05, 4.69) is 16.9 Å². The molecule has 8 heteroatoms. The van der Waals surface area contributed by atoms with Crippen molar-refractivity contribution in [3.63, 3.8) is 0 Å². The van der Waals surface area contributed by atoms with E-state index in [4.69, 9.17) is 9.47 Å². The van der Waals surface area contributed by atoms with Crippen molar-refractivity contribution < 1.29 is 27.4 Å². The van der Waals surface area contributed by atoms with Gasteiger partial charge in [-0.2, -0.15) is 13.2 Å². The van der Waals surface area contributed by atoms with Crippen molar-refractivity contribution in [2.24, 2.45) is 0 Å². The van der Waals surface area contributed by atoms with Crippen LogP contribution in [0, 0.1) is 0 Å². The number of nitrogens with zero attached hydrogens (tertiary/aromatic N) is 2. The number of carbonyl (C=O) groups is 1. The molecule has 3 aromatic rings. The first-order chi connectivity index (χ1) is 19.8. The predicted octanol–water partition coefficient (Wildman–Crippen LogP) is 9.61. The molecule has 0 amide bonds. The number of hydrogen-bond acceptors (Lipinski definition) is 5. The number of aromatic nitrogens is 2. The summed E-state index contributed by atoms with van der Waals surface area (Å²) >= 11 is 0. The monoisotopic (exact) mass is 570 g/mol. The molecule has 41 heavy (non-hydrogen) atoms. The lowest BCUT2D eigenvalue weighted by Crippen LogP contribution is -2.33. The minimum Gasteiger partial charge on any atom is -0.494 e. The molecule has 0 saturated carbocycles. The first kappa shape index (κ1) is 32.1. The zero-order valence-electron chi connectivity index (χ0n) is 24.1. The summed E-state index contributed by atoms with van der Waals surface area (Å²) < 4.78 is 50.8. The van der Waals surface area contributed by atoms with E-state index in [-0.39, 0.29) is 12.0 Å². The van der Waals surface area contributed by atoms with Gasteiger partial charge in [0.15, 0.2) is 11.9 Å². The number of benzene rings is 2. The van der Waals surface area contributed by atoms with E-state index in [9.17, 15) is 18.0 Å². The fraction of sp³-hybridized carbons (Fsp3) is 0.485. The number of hydrogen-bond donors (Lipinski definition) is 0. The first-order valence-corrected chi connectivity index (χ1v) is 14.7. The van der Waals surface area contributed by atoms with Crippen molar-refractivity contribution in [1.29, 1.82) is 0 Å². The van der Waals surface area contributed by atoms with E-state index >= 15 is 0 Å². The lowest BCUT2D eigenvalue weighted by Gasteiger charge is -2.20. The van der Waals surface area contributed by atoms with E-state index in [1.807, 2.05) is 31.2 Å². The summed E-state index contributed by atoms with van der Waals surface area (Å²) in [6.45, 7) is 4.91. The minimum absolute atomic E-state index is 0.0481. The van der Waals surface area contributed by atoms with Crippen LogP contribution >= 0.6 is 0 Å². The summed E-state index contributed by atoms with van der Waals surface area (Å²) in [4.78, 5) is 21.3. The molecule has 1 heterocycles. The number of alkyl halides is 3. The lowest BCUT2D eigenvalue weighted by molar-refractivity contribution is -0.206. The Morgan fingerprint density at radius 2 is 1.29 bits per heavy atom. The van der Waals surface area contributed by atoms with Gasteiger partial charge in [0.1, 0.15) is 5.75 Å². The van der Waals surface area contributed by atoms with Crippen LogP contribution in [0.1, 0.15) is 94.8 Å². The standard InChI is InChI=1S/C33H41F3N2O3/c1-3-5-7-9-10-12-22-40-29-20-18-25(19-21-29)28-23-37-31(38-24-28)26-14-16-27(17-15-26)32(39)41-30(33(34,35)36)13-11-8-6-4-2/h14-21,23-24,30H,3-13,22H2,1-2H3. The highest BCUT2D eigenvalue weighted by Gasteiger charge is 2.42. The minimum atomic E-state index is -4.60. The van der Waals surface area contributed by atoms with Gasteiger partial charge in [0.05, 0.1) is 12.2 Å². The topological polar surface area (TPSA) is 61.3 Å². The SMILES string of the molecule is CCCCCCCCOc1ccc(-c2cnc(-c3ccc(C(=O)OC(CCCCCC)C(F)(F)F)cc3)nc2)cc1. The maximum Gasteiger partial charge on any atom is 0.425 e. The second kappa shape index (κ2) is 16.7. The molecule has 0 fully saturated rings. The van der Waals surface area contributed by atoms with E-state index in [0.29, 0.717) is 30.8 Å². The molecule has 0 aliphatic carbocycles. The lowest BCUT2D eigenvalue weighted by atomic mass is 10.1. The second-order valence-electron chi connectivity index (χ2n) is 10.3. The summed E-state index contributed by atoms with van der Waals surface area (Å²) in [7, 11) is 0. The number of unbranched alkanes of at least 4 members (excludes halogenated alkanes) is 8. The average molecular weight is 571 g/mol. The molecule has 0 spiro atoms. The summed E-state index contributed by atoms with van der Waals surface area (Å²) in [6, 6.07) is 13.9. The maximum atomic E-state index is 13.4. The number of halogens is 3. The van der Waals surface area contributed by atoms with Crippen LogP contribution in [0.4, 0.5) is 13.2 Å². The van der Waals surface area contributed by atoms with E-state index < -0.39 is 18.2 Å². The van der Waals surface area contributed by atoms with E-state index in [1.54, 1.807) is 24.5 Å². The highest BCUT2D eigenvalue weighted by atomic mass is 19.4. The molecule has 0 aliphatic heterocycles. The third-order valence-corrected chi connectivity index (χ3v) is 6.92. The zero-order chi connectivity index (χ0) is 29.5. The summed E-state index contributed by atoms with van der Waals surface area (Å²) in [5.74, 6) is 0.276. The molecule has 1 aromatic heterocycles. The fourth-order valence-electron chi connectivity index (χ4n) is 4.44. The van der Waals surface area contributed by atoms with Crippen molar-refractivity contribution in [1.82, 2.24) is 9.97 Å². The maximum absolute atomic E-state index is 13.4. The normalized spacial score (nSPS) is 12.2. The van der Waals surface area contributed by atoms with Gasteiger partial charge in [-0.25, -0.2) is 14.8 Å². The highest BCUT2D eigenvalue weighted by molar-refractivity contribution is 5.90. The van der Waals surface area contributed by atoms with Crippen LogP contribution in [0.25, 0.3) is 22.5 Å². The first-order valence-electron chi connectivity index (χ1n) is 14.7. The molecule has 1 unspecified atom stereocenters. The van der Waals surface area contributed by atoms with Crippen LogP contribution in [0.5, 0.6) is 5.75 Å². The zero-order valence-corrected chi connectivity index (χ0v) is 24.1. The van der Waals surface area contributed by atoms with Gasteiger partial charge in [-0.1, -0.05) is 89.5 Å². The summed E-state index contributed by atoms with van der Waals surface area (Å²) in [5, 5.41) is 0. The van der Waals surface area contributed by atoms with Gasteiger partial charge in [0.2, 0.25) is 0 Å². The van der Waals surface area contributed by atoms with Gasteiger partial charge in [-0.05, 0) is 49.1 Å². The van der Waals surface area contributed by atoms with Crippen molar-refractivity contribution in [3.8, 4) is 28.3 Å². The van der Waals surface area contributed by atoms with Gasteiger partial charge in [-0.15, -0.1) is 0 Å². The third-order valence-electron chi connectivity index (χ3n) is 6.92. The molecule has 0 aliphatic rings. The average Bonchev–Trinajstić information content (AvgIpc) is 2.98. The molecule has 1 atom stereocenters. The Morgan fingerprint density at radius 3 is 1.90 bits per heavy atom. The van der Waals surface area contributed by atoms with E-state index in [0.717, 1.165) is 36.1 Å². The number of rotatable bonds is 17. The van der Waals surface area contributed by atoms with Gasteiger partial charge in [0.25, 0.3) is 0 Å². The second-order valence-corrected chi connectivity index (χ2v) is 10.3.